The third kappa shape index (κ3) is 2.18. The van der Waals surface area contributed by atoms with E-state index in [1.807, 2.05) is 43.1 Å². The lowest BCUT2D eigenvalue weighted by Crippen LogP contribution is -2.29. The molecule has 5 nitrogen and oxygen atoms in total. The topological polar surface area (TPSA) is 51.0 Å². The Bertz CT molecular complexity index is 1020. The second-order valence-corrected chi connectivity index (χ2v) is 7.11. The maximum Gasteiger partial charge on any atom is 0.259 e. The zero-order chi connectivity index (χ0) is 17.1. The van der Waals surface area contributed by atoms with Gasteiger partial charge in [0.2, 0.25) is 0 Å². The molecule has 5 rings (SSSR count). The second-order valence-electron chi connectivity index (χ2n) is 7.11. The van der Waals surface area contributed by atoms with Gasteiger partial charge in [0.05, 0.1) is 16.6 Å². The lowest BCUT2D eigenvalue weighted by Gasteiger charge is -2.18. The Labute approximate surface area is 146 Å². The Balaban J connectivity index is 1.68. The molecule has 0 spiro atoms. The Morgan fingerprint density at radius 1 is 1.24 bits per heavy atom. The van der Waals surface area contributed by atoms with Crippen molar-refractivity contribution in [1.82, 2.24) is 14.8 Å². The van der Waals surface area contributed by atoms with Crippen LogP contribution in [0.15, 0.2) is 30.3 Å². The maximum absolute atomic E-state index is 13.4. The molecule has 1 aliphatic heterocycles. The predicted octanol–water partition coefficient (Wildman–Crippen LogP) is 3.36. The first-order valence-electron chi connectivity index (χ1n) is 8.87. The van der Waals surface area contributed by atoms with E-state index in [2.05, 4.69) is 11.2 Å². The van der Waals surface area contributed by atoms with Crippen LogP contribution in [0.1, 0.15) is 46.1 Å². The molecule has 5 heteroatoms. The predicted molar refractivity (Wildman–Crippen MR) is 97.0 cm³/mol. The Hall–Kier alpha value is -2.69. The highest BCUT2D eigenvalue weighted by molar-refractivity contribution is 6.14. The summed E-state index contributed by atoms with van der Waals surface area (Å²) in [5.41, 5.74) is 5.74. The van der Waals surface area contributed by atoms with Crippen molar-refractivity contribution in [3.05, 3.63) is 52.8 Å². The highest BCUT2D eigenvalue weighted by atomic mass is 16.2. The van der Waals surface area contributed by atoms with E-state index in [-0.39, 0.29) is 5.91 Å². The highest BCUT2D eigenvalue weighted by Crippen LogP contribution is 2.41. The third-order valence-electron chi connectivity index (χ3n) is 5.35. The molecule has 1 aliphatic carbocycles. The molecular weight excluding hydrogens is 312 g/mol. The summed E-state index contributed by atoms with van der Waals surface area (Å²) in [6, 6.07) is 10.2. The minimum absolute atomic E-state index is 0.0651. The summed E-state index contributed by atoms with van der Waals surface area (Å²) in [5.74, 6) is 0.562. The molecule has 1 aromatic carbocycles. The van der Waals surface area contributed by atoms with E-state index in [1.165, 1.54) is 5.56 Å². The smallest absolute Gasteiger partial charge is 0.259 e. The zero-order valence-corrected chi connectivity index (χ0v) is 14.5. The van der Waals surface area contributed by atoms with Crippen LogP contribution in [0, 0.1) is 6.92 Å². The van der Waals surface area contributed by atoms with Crippen LogP contribution in [0.4, 0.5) is 5.69 Å². The molecule has 0 unspecified atom stereocenters. The lowest BCUT2D eigenvalue weighted by atomic mass is 10.1. The number of nitrogens with zero attached hydrogens (tertiary/aromatic N) is 4. The van der Waals surface area contributed by atoms with Crippen molar-refractivity contribution in [3.63, 3.8) is 0 Å². The summed E-state index contributed by atoms with van der Waals surface area (Å²) < 4.78 is 1.80. The number of hydrogen-bond acceptors (Lipinski definition) is 3. The number of aromatic nitrogens is 3. The SMILES string of the molecule is Cc1nn(C)c2nc(C3CC3)cc(C(=O)N3CCc4ccccc43)c12. The number of aryl methyl sites for hydroxylation is 2. The minimum Gasteiger partial charge on any atom is -0.308 e. The standard InChI is InChI=1S/C20H20N4O/c1-12-18-15(11-16(13-7-8-13)21-19(18)23(2)22-12)20(25)24-10-9-14-5-3-4-6-17(14)24/h3-6,11,13H,7-10H2,1-2H3. The number of anilines is 1. The van der Waals surface area contributed by atoms with Gasteiger partial charge in [0.15, 0.2) is 5.65 Å². The fourth-order valence-corrected chi connectivity index (χ4v) is 3.92. The van der Waals surface area contributed by atoms with Crippen molar-refractivity contribution in [2.75, 3.05) is 11.4 Å². The van der Waals surface area contributed by atoms with E-state index in [0.717, 1.165) is 59.5 Å². The molecule has 3 aromatic rings. The first-order valence-corrected chi connectivity index (χ1v) is 8.87. The van der Waals surface area contributed by atoms with Gasteiger partial charge < -0.3 is 4.90 Å². The summed E-state index contributed by atoms with van der Waals surface area (Å²) >= 11 is 0. The number of rotatable bonds is 2. The monoisotopic (exact) mass is 332 g/mol. The van der Waals surface area contributed by atoms with Crippen LogP contribution < -0.4 is 4.90 Å². The second kappa shape index (κ2) is 5.15. The normalized spacial score (nSPS) is 16.5. The molecule has 1 fully saturated rings. The van der Waals surface area contributed by atoms with Crippen molar-refractivity contribution in [2.24, 2.45) is 7.05 Å². The molecular formula is C20H20N4O. The van der Waals surface area contributed by atoms with Crippen LogP contribution in [0.2, 0.25) is 0 Å². The van der Waals surface area contributed by atoms with Gasteiger partial charge >= 0.3 is 0 Å². The summed E-state index contributed by atoms with van der Waals surface area (Å²) in [5, 5.41) is 5.40. The molecule has 126 valence electrons. The minimum atomic E-state index is 0.0651. The van der Waals surface area contributed by atoms with Crippen LogP contribution in [-0.4, -0.2) is 27.2 Å². The van der Waals surface area contributed by atoms with E-state index >= 15 is 0 Å². The fourth-order valence-electron chi connectivity index (χ4n) is 3.92. The first-order chi connectivity index (χ1) is 12.1. The molecule has 1 amide bonds. The van der Waals surface area contributed by atoms with Crippen molar-refractivity contribution in [3.8, 4) is 0 Å². The van der Waals surface area contributed by atoms with E-state index in [4.69, 9.17) is 4.98 Å². The number of para-hydroxylation sites is 1. The average molecular weight is 332 g/mol. The van der Waals surface area contributed by atoms with Crippen molar-refractivity contribution in [2.45, 2.75) is 32.1 Å². The van der Waals surface area contributed by atoms with Gasteiger partial charge in [0.1, 0.15) is 0 Å². The van der Waals surface area contributed by atoms with Crippen molar-refractivity contribution in [1.29, 1.82) is 0 Å². The van der Waals surface area contributed by atoms with Crippen LogP contribution >= 0.6 is 0 Å². The summed E-state index contributed by atoms with van der Waals surface area (Å²) in [7, 11) is 1.90. The summed E-state index contributed by atoms with van der Waals surface area (Å²) in [6.07, 6.45) is 3.24. The molecule has 1 saturated carbocycles. The van der Waals surface area contributed by atoms with Crippen molar-refractivity contribution >= 4 is 22.6 Å². The highest BCUT2D eigenvalue weighted by Gasteiger charge is 2.31. The number of fused-ring (bicyclic) bond motifs is 2. The number of amides is 1. The van der Waals surface area contributed by atoms with Gasteiger partial charge in [-0.15, -0.1) is 0 Å². The van der Waals surface area contributed by atoms with Gasteiger partial charge in [-0.2, -0.15) is 5.10 Å². The Morgan fingerprint density at radius 3 is 2.84 bits per heavy atom. The van der Waals surface area contributed by atoms with Crippen LogP contribution in [0.3, 0.4) is 0 Å². The molecule has 2 aliphatic rings. The summed E-state index contributed by atoms with van der Waals surface area (Å²) in [6.45, 7) is 2.69. The number of hydrogen-bond donors (Lipinski definition) is 0. The Morgan fingerprint density at radius 2 is 2.04 bits per heavy atom. The Kier molecular flexibility index (Phi) is 3.02. The maximum atomic E-state index is 13.4. The van der Waals surface area contributed by atoms with E-state index in [0.29, 0.717) is 5.92 Å². The lowest BCUT2D eigenvalue weighted by molar-refractivity contribution is 0.0990. The zero-order valence-electron chi connectivity index (χ0n) is 14.5. The summed E-state index contributed by atoms with van der Waals surface area (Å²) in [4.78, 5) is 20.2. The van der Waals surface area contributed by atoms with Gasteiger partial charge in [-0.05, 0) is 43.9 Å². The molecule has 0 saturated heterocycles. The van der Waals surface area contributed by atoms with Crippen LogP contribution in [-0.2, 0) is 13.5 Å². The van der Waals surface area contributed by atoms with Gasteiger partial charge in [-0.25, -0.2) is 4.98 Å². The first kappa shape index (κ1) is 14.6. The quantitative estimate of drug-likeness (QED) is 0.723. The fraction of sp³-hybridized carbons (Fsp3) is 0.350. The number of carbonyl (C=O) groups excluding carboxylic acids is 1. The average Bonchev–Trinajstić information content (AvgIpc) is 3.32. The van der Waals surface area contributed by atoms with Crippen LogP contribution in [0.25, 0.3) is 11.0 Å². The number of benzene rings is 1. The van der Waals surface area contributed by atoms with E-state index in [9.17, 15) is 4.79 Å². The van der Waals surface area contributed by atoms with Gasteiger partial charge in [-0.1, -0.05) is 18.2 Å². The van der Waals surface area contributed by atoms with Gasteiger partial charge in [-0.3, -0.25) is 9.48 Å². The molecule has 3 heterocycles. The molecule has 2 aromatic heterocycles. The molecule has 0 bridgehead atoms. The molecule has 0 N–H and O–H groups in total. The van der Waals surface area contributed by atoms with Gasteiger partial charge in [0, 0.05) is 30.9 Å². The van der Waals surface area contributed by atoms with Crippen LogP contribution in [0.5, 0.6) is 0 Å². The number of pyridine rings is 1. The van der Waals surface area contributed by atoms with Crippen molar-refractivity contribution < 1.29 is 4.79 Å². The number of carbonyl (C=O) groups is 1. The van der Waals surface area contributed by atoms with Gasteiger partial charge in [0.25, 0.3) is 5.91 Å². The molecule has 25 heavy (non-hydrogen) atoms. The third-order valence-corrected chi connectivity index (χ3v) is 5.35. The molecule has 0 radical (unpaired) electrons. The van der Waals surface area contributed by atoms with E-state index < -0.39 is 0 Å². The van der Waals surface area contributed by atoms with E-state index in [1.54, 1.807) is 4.68 Å². The molecule has 0 atom stereocenters. The largest absolute Gasteiger partial charge is 0.308 e.